The first-order chi connectivity index (χ1) is 23.5. The zero-order valence-corrected chi connectivity index (χ0v) is 28.5. The number of thiophene rings is 1. The predicted octanol–water partition coefficient (Wildman–Crippen LogP) is 6.11. The summed E-state index contributed by atoms with van der Waals surface area (Å²) in [4.78, 5) is 67.5. The van der Waals surface area contributed by atoms with E-state index in [0.717, 1.165) is 10.4 Å². The largest absolute Gasteiger partial charge is 0.465 e. The first kappa shape index (κ1) is 35.0. The van der Waals surface area contributed by atoms with Crippen molar-refractivity contribution in [2.75, 3.05) is 24.3 Å². The minimum atomic E-state index is -0.680. The number of carbonyl (C=O) groups excluding carboxylic acids is 5. The molecular weight excluding hydrogens is 668 g/mol. The Hall–Kier alpha value is -5.27. The van der Waals surface area contributed by atoms with Gasteiger partial charge < -0.3 is 25.6 Å². The Kier molecular flexibility index (Phi) is 11.3. The number of hydrogen-bond acceptors (Lipinski definition) is 8. The van der Waals surface area contributed by atoms with Gasteiger partial charge in [0.25, 0.3) is 11.8 Å². The van der Waals surface area contributed by atoms with Gasteiger partial charge in [-0.3, -0.25) is 19.2 Å². The number of halogens is 1. The quantitative estimate of drug-likeness (QED) is 0.103. The van der Waals surface area contributed by atoms with Crippen LogP contribution in [0.2, 0.25) is 0 Å². The number of methoxy groups -OCH3 is 1. The molecule has 10 nitrogen and oxygen atoms in total. The van der Waals surface area contributed by atoms with Crippen LogP contribution in [0.25, 0.3) is 6.08 Å². The Morgan fingerprint density at radius 2 is 1.71 bits per heavy atom. The highest BCUT2D eigenvalue weighted by atomic mass is 32.2. The highest BCUT2D eigenvalue weighted by Gasteiger charge is 2.31. The molecule has 3 N–H and O–H groups in total. The molecule has 0 saturated carbocycles. The zero-order chi connectivity index (χ0) is 35.1. The molecule has 252 valence electrons. The summed E-state index contributed by atoms with van der Waals surface area (Å²) >= 11 is 2.48. The van der Waals surface area contributed by atoms with Crippen molar-refractivity contribution in [3.05, 3.63) is 118 Å². The predicted molar refractivity (Wildman–Crippen MR) is 188 cm³/mol. The molecule has 1 atom stereocenters. The molecule has 1 aliphatic heterocycles. The standard InChI is InChI=1S/C36H33FN4O6S2/c1-21(32(43)40-35-31(36(46)47-3)27-16-17-41(22(2)42)20-30(27)49-35)48-26-14-9-13-25(19-26)38-34(45)29(18-24-12-7-8-15-28(24)37)39-33(44)23-10-5-4-6-11-23/h4-15,18-19,21H,16-17,20H2,1-3H3,(H,38,45)(H,39,44)(H,40,43)/b29-18-. The van der Waals surface area contributed by atoms with Crippen LogP contribution in [0.5, 0.6) is 0 Å². The summed E-state index contributed by atoms with van der Waals surface area (Å²) < 4.78 is 19.5. The monoisotopic (exact) mass is 700 g/mol. The summed E-state index contributed by atoms with van der Waals surface area (Å²) in [6, 6.07) is 21.0. The van der Waals surface area contributed by atoms with Gasteiger partial charge in [0.1, 0.15) is 16.5 Å². The van der Waals surface area contributed by atoms with Gasteiger partial charge in [-0.15, -0.1) is 23.1 Å². The van der Waals surface area contributed by atoms with Crippen LogP contribution in [-0.4, -0.2) is 53.4 Å². The van der Waals surface area contributed by atoms with E-state index in [0.29, 0.717) is 46.2 Å². The number of nitrogens with one attached hydrogen (secondary N) is 3. The molecule has 0 bridgehead atoms. The highest BCUT2D eigenvalue weighted by molar-refractivity contribution is 8.00. The molecule has 2 heterocycles. The number of ether oxygens (including phenoxy) is 1. The molecule has 1 aromatic heterocycles. The highest BCUT2D eigenvalue weighted by Crippen LogP contribution is 2.38. The Balaban J connectivity index is 1.30. The Labute approximate surface area is 290 Å². The van der Waals surface area contributed by atoms with Crippen molar-refractivity contribution in [2.24, 2.45) is 0 Å². The van der Waals surface area contributed by atoms with Crippen LogP contribution in [0.3, 0.4) is 0 Å². The number of fused-ring (bicyclic) bond motifs is 1. The number of amides is 4. The van der Waals surface area contributed by atoms with Gasteiger partial charge in [0.2, 0.25) is 11.8 Å². The van der Waals surface area contributed by atoms with Crippen LogP contribution in [0.4, 0.5) is 15.1 Å². The van der Waals surface area contributed by atoms with E-state index in [1.165, 1.54) is 61.4 Å². The third kappa shape index (κ3) is 8.61. The maximum absolute atomic E-state index is 14.5. The number of carbonyl (C=O) groups is 5. The molecule has 4 amide bonds. The van der Waals surface area contributed by atoms with Crippen molar-refractivity contribution in [3.63, 3.8) is 0 Å². The van der Waals surface area contributed by atoms with Gasteiger partial charge >= 0.3 is 5.97 Å². The summed E-state index contributed by atoms with van der Waals surface area (Å²) in [5.74, 6) is -2.77. The number of thioether (sulfide) groups is 1. The van der Waals surface area contributed by atoms with Gasteiger partial charge in [0.05, 0.1) is 24.5 Å². The minimum absolute atomic E-state index is 0.0676. The lowest BCUT2D eigenvalue weighted by molar-refractivity contribution is -0.129. The summed E-state index contributed by atoms with van der Waals surface area (Å²) in [5, 5.41) is 7.96. The van der Waals surface area contributed by atoms with Crippen molar-refractivity contribution in [3.8, 4) is 0 Å². The second-order valence-electron chi connectivity index (χ2n) is 11.0. The minimum Gasteiger partial charge on any atom is -0.465 e. The molecule has 0 aliphatic carbocycles. The second kappa shape index (κ2) is 15.8. The lowest BCUT2D eigenvalue weighted by atomic mass is 10.0. The Bertz CT molecular complexity index is 1940. The molecule has 0 radical (unpaired) electrons. The van der Waals surface area contributed by atoms with Gasteiger partial charge in [-0.05, 0) is 61.4 Å². The number of benzene rings is 3. The maximum Gasteiger partial charge on any atom is 0.341 e. The average molecular weight is 701 g/mol. The number of rotatable bonds is 10. The molecule has 0 spiro atoms. The van der Waals surface area contributed by atoms with E-state index in [9.17, 15) is 28.4 Å². The van der Waals surface area contributed by atoms with E-state index in [2.05, 4.69) is 16.0 Å². The molecular formula is C36H33FN4O6S2. The van der Waals surface area contributed by atoms with Crippen molar-refractivity contribution < 1.29 is 33.1 Å². The van der Waals surface area contributed by atoms with E-state index in [1.54, 1.807) is 72.5 Å². The first-order valence-corrected chi connectivity index (χ1v) is 16.9. The van der Waals surface area contributed by atoms with Gasteiger partial charge in [-0.1, -0.05) is 42.5 Å². The van der Waals surface area contributed by atoms with Crippen LogP contribution in [0, 0.1) is 5.82 Å². The first-order valence-electron chi connectivity index (χ1n) is 15.2. The number of nitrogens with zero attached hydrogens (tertiary/aromatic N) is 1. The Morgan fingerprint density at radius 1 is 0.980 bits per heavy atom. The van der Waals surface area contributed by atoms with Gasteiger partial charge in [0.15, 0.2) is 0 Å². The van der Waals surface area contributed by atoms with Crippen molar-refractivity contribution in [1.82, 2.24) is 10.2 Å². The molecule has 1 aliphatic rings. The van der Waals surface area contributed by atoms with Crippen LogP contribution in [0.15, 0.2) is 89.5 Å². The summed E-state index contributed by atoms with van der Waals surface area (Å²) in [6.07, 6.45) is 1.74. The summed E-state index contributed by atoms with van der Waals surface area (Å²) in [6.45, 7) is 4.02. The smallest absolute Gasteiger partial charge is 0.341 e. The second-order valence-corrected chi connectivity index (χ2v) is 13.5. The third-order valence-electron chi connectivity index (χ3n) is 7.64. The van der Waals surface area contributed by atoms with Crippen LogP contribution in [-0.2, 0) is 32.1 Å². The Morgan fingerprint density at radius 3 is 2.43 bits per heavy atom. The molecule has 3 aromatic carbocycles. The molecule has 0 saturated heterocycles. The van der Waals surface area contributed by atoms with Gasteiger partial charge in [0, 0.05) is 40.1 Å². The van der Waals surface area contributed by atoms with Crippen molar-refractivity contribution in [1.29, 1.82) is 0 Å². The van der Waals surface area contributed by atoms with E-state index >= 15 is 0 Å². The van der Waals surface area contributed by atoms with Crippen molar-refractivity contribution >= 4 is 69.5 Å². The topological polar surface area (TPSA) is 134 Å². The zero-order valence-electron chi connectivity index (χ0n) is 26.9. The number of esters is 1. The molecule has 13 heteroatoms. The molecule has 49 heavy (non-hydrogen) atoms. The number of hydrogen-bond donors (Lipinski definition) is 3. The fraction of sp³-hybridized carbons (Fsp3) is 0.194. The average Bonchev–Trinajstić information content (AvgIpc) is 3.45. The van der Waals surface area contributed by atoms with E-state index < -0.39 is 28.9 Å². The van der Waals surface area contributed by atoms with E-state index in [-0.39, 0.29) is 23.1 Å². The van der Waals surface area contributed by atoms with E-state index in [1.807, 2.05) is 0 Å². The SMILES string of the molecule is COC(=O)c1c(NC(=O)C(C)Sc2cccc(NC(=O)/C(=C/c3ccccc3F)NC(=O)c3ccccc3)c2)sc2c1CCN(C(C)=O)C2. The van der Waals surface area contributed by atoms with Crippen LogP contribution in [0.1, 0.15) is 50.6 Å². The fourth-order valence-electron chi connectivity index (χ4n) is 5.09. The van der Waals surface area contributed by atoms with Crippen molar-refractivity contribution in [2.45, 2.75) is 37.0 Å². The maximum atomic E-state index is 14.5. The van der Waals surface area contributed by atoms with Gasteiger partial charge in [-0.25, -0.2) is 9.18 Å². The summed E-state index contributed by atoms with van der Waals surface area (Å²) in [5.41, 5.74) is 1.72. The normalized spacial score (nSPS) is 13.1. The number of anilines is 2. The van der Waals surface area contributed by atoms with Gasteiger partial charge in [-0.2, -0.15) is 0 Å². The van der Waals surface area contributed by atoms with Crippen LogP contribution >= 0.6 is 23.1 Å². The van der Waals surface area contributed by atoms with Crippen LogP contribution < -0.4 is 16.0 Å². The molecule has 4 aromatic rings. The van der Waals surface area contributed by atoms with E-state index in [4.69, 9.17) is 4.74 Å². The lowest BCUT2D eigenvalue weighted by Gasteiger charge is -2.25. The summed E-state index contributed by atoms with van der Waals surface area (Å²) in [7, 11) is 1.28. The third-order valence-corrected chi connectivity index (χ3v) is 9.86. The molecule has 0 fully saturated rings. The fourth-order valence-corrected chi connectivity index (χ4v) is 7.27. The molecule has 1 unspecified atom stereocenters. The lowest BCUT2D eigenvalue weighted by Crippen LogP contribution is -2.33. The molecule has 5 rings (SSSR count).